The van der Waals surface area contributed by atoms with E-state index in [-0.39, 0.29) is 16.2 Å². The van der Waals surface area contributed by atoms with Crippen LogP contribution in [0.2, 0.25) is 0 Å². The Hall–Kier alpha value is -8.26. The molecule has 1 nitrogen and oxygen atoms in total. The van der Waals surface area contributed by atoms with Gasteiger partial charge in [0.15, 0.2) is 0 Å². The van der Waals surface area contributed by atoms with E-state index in [1.54, 1.807) is 0 Å². The van der Waals surface area contributed by atoms with Crippen molar-refractivity contribution in [1.82, 2.24) is 0 Å². The Bertz CT molecular complexity index is 4810. The number of rotatable bonds is 2. The van der Waals surface area contributed by atoms with Gasteiger partial charge in [0.25, 0.3) is 0 Å². The molecule has 5 aliphatic carbocycles. The van der Waals surface area contributed by atoms with Gasteiger partial charge in [-0.1, -0.05) is 163 Å². The molecule has 1 aromatic heterocycles. The van der Waals surface area contributed by atoms with E-state index >= 15 is 0 Å². The van der Waals surface area contributed by atoms with Gasteiger partial charge >= 0.3 is 0 Å². The highest BCUT2D eigenvalue weighted by atomic mass is 16.3. The predicted molar refractivity (Wildman–Crippen MR) is 315 cm³/mol. The molecule has 1 heterocycles. The predicted octanol–water partition coefficient (Wildman–Crippen LogP) is 18.2. The van der Waals surface area contributed by atoms with E-state index in [4.69, 9.17) is 4.42 Å². The number of hydrogen-bond acceptors (Lipinski definition) is 1. The minimum absolute atomic E-state index is 0.206. The summed E-state index contributed by atoms with van der Waals surface area (Å²) < 4.78 is 6.51. The van der Waals surface area contributed by atoms with Crippen LogP contribution >= 0.6 is 0 Å². The van der Waals surface area contributed by atoms with Crippen LogP contribution in [0.4, 0.5) is 0 Å². The van der Waals surface area contributed by atoms with E-state index in [1.165, 1.54) is 165 Å². The van der Waals surface area contributed by atoms with E-state index < -0.39 is 0 Å². The van der Waals surface area contributed by atoms with Crippen LogP contribution in [0.5, 0.6) is 0 Å². The molecule has 5 aliphatic rings. The van der Waals surface area contributed by atoms with Crippen LogP contribution in [0.3, 0.4) is 0 Å². The first-order valence-electron chi connectivity index (χ1n) is 27.3. The van der Waals surface area contributed by atoms with Crippen LogP contribution < -0.4 is 10.4 Å². The van der Waals surface area contributed by atoms with E-state index in [0.717, 1.165) is 30.4 Å². The van der Waals surface area contributed by atoms with Crippen molar-refractivity contribution < 1.29 is 4.42 Å². The van der Waals surface area contributed by atoms with Gasteiger partial charge in [0.05, 0.1) is 0 Å². The molecule has 0 unspecified atom stereocenters. The molecule has 0 saturated carbocycles. The quantitative estimate of drug-likeness (QED) is 0.168. The Kier molecular flexibility index (Phi) is 7.93. The lowest BCUT2D eigenvalue weighted by Gasteiger charge is -2.25. The van der Waals surface area contributed by atoms with Crippen molar-refractivity contribution in [3.05, 3.63) is 225 Å². The SMILES string of the molecule is CC1(C)c2cc3c(cc2-c2cc4c(cc21)-c1c(cc(-c2ccc5oc6ccc7c(c6c5c2)=CCCC=7)c2ccccc12)C4(C)C)C(C)(C)c1cc(-c2ccc4c(c2)-c2c(ccc5ccccc25)C4)c2ccccc2c1-3. The fourth-order valence-electron chi connectivity index (χ4n) is 15.4. The first-order valence-corrected chi connectivity index (χ1v) is 27.3. The molecule has 0 saturated heterocycles. The van der Waals surface area contributed by atoms with Crippen LogP contribution in [0.15, 0.2) is 174 Å². The molecule has 0 fully saturated rings. The van der Waals surface area contributed by atoms with Crippen molar-refractivity contribution in [2.24, 2.45) is 0 Å². The fraction of sp³-hybridized carbons (Fsp3) is 0.162. The van der Waals surface area contributed by atoms with Crippen LogP contribution in [0.25, 0.3) is 133 Å². The molecule has 1 heteroatoms. The number of benzene rings is 11. The van der Waals surface area contributed by atoms with E-state index in [2.05, 4.69) is 224 Å². The average Bonchev–Trinajstić information content (AvgIpc) is 4.34. The van der Waals surface area contributed by atoms with Crippen LogP contribution in [-0.2, 0) is 22.7 Å². The third-order valence-corrected chi connectivity index (χ3v) is 19.3. The Morgan fingerprint density at radius 3 is 1.52 bits per heavy atom. The highest BCUT2D eigenvalue weighted by molar-refractivity contribution is 6.14. The Morgan fingerprint density at radius 2 is 0.853 bits per heavy atom. The maximum atomic E-state index is 6.51. The highest BCUT2D eigenvalue weighted by Gasteiger charge is 2.46. The van der Waals surface area contributed by atoms with Crippen LogP contribution in [0, 0.1) is 0 Å². The van der Waals surface area contributed by atoms with Crippen LogP contribution in [-0.4, -0.2) is 0 Å². The van der Waals surface area contributed by atoms with Crippen molar-refractivity contribution in [2.75, 3.05) is 0 Å². The Balaban J connectivity index is 0.809. The van der Waals surface area contributed by atoms with E-state index in [9.17, 15) is 0 Å². The lowest BCUT2D eigenvalue weighted by molar-refractivity contribution is 0.649. The van der Waals surface area contributed by atoms with Gasteiger partial charge in [0, 0.05) is 27.0 Å². The summed E-state index contributed by atoms with van der Waals surface area (Å²) in [7, 11) is 0. The van der Waals surface area contributed by atoms with Crippen molar-refractivity contribution in [2.45, 2.75) is 77.0 Å². The zero-order chi connectivity index (χ0) is 50.0. The maximum absolute atomic E-state index is 6.51. The van der Waals surface area contributed by atoms with Gasteiger partial charge in [-0.15, -0.1) is 0 Å². The molecule has 12 aromatic rings. The van der Waals surface area contributed by atoms with Gasteiger partial charge < -0.3 is 4.42 Å². The van der Waals surface area contributed by atoms with Crippen molar-refractivity contribution in [1.29, 1.82) is 0 Å². The fourth-order valence-corrected chi connectivity index (χ4v) is 15.4. The average molecular weight is 959 g/mol. The minimum Gasteiger partial charge on any atom is -0.456 e. The highest BCUT2D eigenvalue weighted by Crippen LogP contribution is 2.62. The molecule has 75 heavy (non-hydrogen) atoms. The summed E-state index contributed by atoms with van der Waals surface area (Å²) in [6.07, 6.45) is 7.92. The van der Waals surface area contributed by atoms with Gasteiger partial charge in [-0.2, -0.15) is 0 Å². The summed E-state index contributed by atoms with van der Waals surface area (Å²) in [5.41, 5.74) is 28.9. The van der Waals surface area contributed by atoms with Gasteiger partial charge in [-0.3, -0.25) is 0 Å². The normalized spacial score (nSPS) is 16.2. The molecule has 0 bridgehead atoms. The van der Waals surface area contributed by atoms with Crippen molar-refractivity contribution >= 4 is 66.4 Å². The monoisotopic (exact) mass is 958 g/mol. The molecule has 0 atom stereocenters. The molecule has 11 aromatic carbocycles. The lowest BCUT2D eigenvalue weighted by Crippen LogP contribution is -2.26. The number of hydrogen-bond donors (Lipinski definition) is 0. The summed E-state index contributed by atoms with van der Waals surface area (Å²) in [4.78, 5) is 0. The van der Waals surface area contributed by atoms with Crippen molar-refractivity contribution in [3.63, 3.8) is 0 Å². The number of fused-ring (bicyclic) bond motifs is 23. The minimum atomic E-state index is -0.226. The molecular weight excluding hydrogens is 905 g/mol. The molecular formula is C74H54O. The molecule has 0 spiro atoms. The lowest BCUT2D eigenvalue weighted by atomic mass is 9.78. The van der Waals surface area contributed by atoms with Crippen molar-refractivity contribution in [3.8, 4) is 66.8 Å². The van der Waals surface area contributed by atoms with Gasteiger partial charge in [-0.25, -0.2) is 0 Å². The molecule has 356 valence electrons. The van der Waals surface area contributed by atoms with Gasteiger partial charge in [-0.05, 0) is 234 Å². The second-order valence-corrected chi connectivity index (χ2v) is 24.2. The molecule has 0 radical (unpaired) electrons. The van der Waals surface area contributed by atoms with E-state index in [0.29, 0.717) is 0 Å². The second kappa shape index (κ2) is 14.1. The summed E-state index contributed by atoms with van der Waals surface area (Å²) in [5.74, 6) is 0. The zero-order valence-electron chi connectivity index (χ0n) is 43.4. The zero-order valence-corrected chi connectivity index (χ0v) is 43.4. The second-order valence-electron chi connectivity index (χ2n) is 24.2. The summed E-state index contributed by atoms with van der Waals surface area (Å²) in [5, 5.41) is 13.0. The molecule has 0 amide bonds. The van der Waals surface area contributed by atoms with Crippen LogP contribution in [0.1, 0.15) is 98.9 Å². The first-order chi connectivity index (χ1) is 36.4. The van der Waals surface area contributed by atoms with Gasteiger partial charge in [0.1, 0.15) is 11.2 Å². The molecule has 17 rings (SSSR count). The molecule has 0 N–H and O–H groups in total. The third-order valence-electron chi connectivity index (χ3n) is 19.3. The Labute approximate surface area is 437 Å². The number of furan rings is 1. The largest absolute Gasteiger partial charge is 0.456 e. The topological polar surface area (TPSA) is 13.1 Å². The van der Waals surface area contributed by atoms with Gasteiger partial charge in [0.2, 0.25) is 0 Å². The standard InChI is InChI=1S/C74H54O/c1-72(2)60-38-57-62(73(3,4)64-34-52(48-19-11-13-21-50(48)69(57)64)43-25-24-42-31-45-26-23-40-15-7-9-17-46(40)68(45)54(42)32-43)36-55(60)56-37-63-58(39-61(56)72)70-51-22-14-12-20-49(51)53(35-65(70)74(63,5)6)44-28-29-66-59(33-44)71-47-18-10-8-16-41(47)27-30-67(71)75-66/h7,9,11-30,32-39H,8,10,31H2,1-6H3. The third kappa shape index (κ3) is 5.34. The Morgan fingerprint density at radius 1 is 0.347 bits per heavy atom. The summed E-state index contributed by atoms with van der Waals surface area (Å²) in [6.45, 7) is 14.8. The summed E-state index contributed by atoms with van der Waals surface area (Å²) >= 11 is 0. The first kappa shape index (κ1) is 42.1. The maximum Gasteiger partial charge on any atom is 0.136 e. The smallest absolute Gasteiger partial charge is 0.136 e. The van der Waals surface area contributed by atoms with E-state index in [1.807, 2.05) is 0 Å². The molecule has 0 aliphatic heterocycles. The summed E-state index contributed by atoms with van der Waals surface area (Å²) in [6, 6.07) is 66.0.